The molecule has 0 bridgehead atoms. The summed E-state index contributed by atoms with van der Waals surface area (Å²) in [6.07, 6.45) is 3.03. The maximum absolute atomic E-state index is 12.6. The summed E-state index contributed by atoms with van der Waals surface area (Å²) in [4.78, 5) is 28.5. The van der Waals surface area contributed by atoms with Crippen LogP contribution >= 0.6 is 0 Å². The number of carbonyl (C=O) groups is 1. The van der Waals surface area contributed by atoms with Crippen molar-refractivity contribution < 1.29 is 9.72 Å². The highest BCUT2D eigenvalue weighted by Crippen LogP contribution is 2.30. The second-order valence-electron chi connectivity index (χ2n) is 4.73. The van der Waals surface area contributed by atoms with Crippen molar-refractivity contribution in [1.29, 1.82) is 5.26 Å². The smallest absolute Gasteiger partial charge is 0.300 e. The van der Waals surface area contributed by atoms with Crippen molar-refractivity contribution in [3.05, 3.63) is 27.9 Å². The summed E-state index contributed by atoms with van der Waals surface area (Å²) in [6, 6.07) is 3.45. The van der Waals surface area contributed by atoms with Gasteiger partial charge in [0.15, 0.2) is 0 Å². The van der Waals surface area contributed by atoms with Gasteiger partial charge < -0.3 is 10.2 Å². The molecular weight excluding hydrogens is 274 g/mol. The lowest BCUT2D eigenvalue weighted by atomic mass is 10.2. The Morgan fingerprint density at radius 3 is 2.90 bits per heavy atom. The molecule has 1 aliphatic rings. The first-order chi connectivity index (χ1) is 10.1. The summed E-state index contributed by atoms with van der Waals surface area (Å²) in [5.41, 5.74) is -0.314. The van der Waals surface area contributed by atoms with Crippen molar-refractivity contribution in [2.45, 2.75) is 25.3 Å². The molecule has 1 heterocycles. The number of rotatable bonds is 6. The Balaban J connectivity index is 2.35. The van der Waals surface area contributed by atoms with E-state index in [4.69, 9.17) is 5.26 Å². The quantitative estimate of drug-likeness (QED) is 0.628. The number of carbonyl (C=O) groups excluding carboxylic acids is 1. The molecule has 0 radical (unpaired) electrons. The summed E-state index contributed by atoms with van der Waals surface area (Å²) >= 11 is 0. The first kappa shape index (κ1) is 14.7. The van der Waals surface area contributed by atoms with Crippen LogP contribution in [0.3, 0.4) is 0 Å². The fourth-order valence-electron chi connectivity index (χ4n) is 2.06. The lowest BCUT2D eigenvalue weighted by molar-refractivity contribution is -0.385. The predicted molar refractivity (Wildman–Crippen MR) is 74.7 cm³/mol. The SMILES string of the molecule is CNc1cc(C(=O)N(CCC#N)C2CC2)c([N+](=O)[O-])cn1. The molecule has 1 aromatic heterocycles. The van der Waals surface area contributed by atoms with Gasteiger partial charge in [-0.3, -0.25) is 14.9 Å². The van der Waals surface area contributed by atoms with E-state index in [0.717, 1.165) is 19.0 Å². The fourth-order valence-corrected chi connectivity index (χ4v) is 2.06. The van der Waals surface area contributed by atoms with Crippen LogP contribution in [0, 0.1) is 21.4 Å². The molecule has 1 aromatic rings. The number of nitro groups is 1. The maximum atomic E-state index is 12.6. The molecule has 1 amide bonds. The molecule has 0 saturated heterocycles. The molecule has 8 heteroatoms. The van der Waals surface area contributed by atoms with Crippen molar-refractivity contribution in [2.24, 2.45) is 0 Å². The lowest BCUT2D eigenvalue weighted by Gasteiger charge is -2.21. The van der Waals surface area contributed by atoms with E-state index in [1.54, 1.807) is 11.9 Å². The van der Waals surface area contributed by atoms with E-state index >= 15 is 0 Å². The average molecular weight is 289 g/mol. The van der Waals surface area contributed by atoms with Crippen LogP contribution in [-0.4, -0.2) is 40.3 Å². The first-order valence-corrected chi connectivity index (χ1v) is 6.58. The lowest BCUT2D eigenvalue weighted by Crippen LogP contribution is -2.34. The molecule has 110 valence electrons. The number of nitriles is 1. The van der Waals surface area contributed by atoms with Gasteiger partial charge in [-0.2, -0.15) is 5.26 Å². The highest BCUT2D eigenvalue weighted by molar-refractivity contribution is 5.99. The molecule has 1 aliphatic carbocycles. The topological polar surface area (TPSA) is 112 Å². The van der Waals surface area contributed by atoms with Gasteiger partial charge in [-0.25, -0.2) is 4.98 Å². The van der Waals surface area contributed by atoms with Crippen molar-refractivity contribution in [1.82, 2.24) is 9.88 Å². The summed E-state index contributed by atoms with van der Waals surface area (Å²) in [5.74, 6) is -0.0293. The van der Waals surface area contributed by atoms with E-state index in [1.807, 2.05) is 6.07 Å². The predicted octanol–water partition coefficient (Wildman–Crippen LogP) is 1.55. The van der Waals surface area contributed by atoms with Crippen LogP contribution in [0.2, 0.25) is 0 Å². The van der Waals surface area contributed by atoms with Gasteiger partial charge in [0.05, 0.1) is 17.4 Å². The van der Waals surface area contributed by atoms with Gasteiger partial charge in [-0.05, 0) is 12.8 Å². The van der Waals surface area contributed by atoms with Crippen molar-refractivity contribution in [2.75, 3.05) is 18.9 Å². The monoisotopic (exact) mass is 289 g/mol. The molecule has 8 nitrogen and oxygen atoms in total. The highest BCUT2D eigenvalue weighted by atomic mass is 16.6. The van der Waals surface area contributed by atoms with Gasteiger partial charge in [-0.15, -0.1) is 0 Å². The van der Waals surface area contributed by atoms with E-state index in [9.17, 15) is 14.9 Å². The molecule has 0 aromatic carbocycles. The van der Waals surface area contributed by atoms with E-state index in [2.05, 4.69) is 10.3 Å². The minimum absolute atomic E-state index is 0.00388. The Kier molecular flexibility index (Phi) is 4.33. The molecule has 0 aliphatic heterocycles. The van der Waals surface area contributed by atoms with Crippen LogP contribution in [0.4, 0.5) is 11.5 Å². The second kappa shape index (κ2) is 6.17. The zero-order chi connectivity index (χ0) is 15.4. The van der Waals surface area contributed by atoms with E-state index in [0.29, 0.717) is 5.82 Å². The normalized spacial score (nSPS) is 13.3. The van der Waals surface area contributed by atoms with Crippen LogP contribution in [0.15, 0.2) is 12.3 Å². The van der Waals surface area contributed by atoms with E-state index in [1.165, 1.54) is 6.07 Å². The van der Waals surface area contributed by atoms with Gasteiger partial charge in [0.1, 0.15) is 17.6 Å². The van der Waals surface area contributed by atoms with Gasteiger partial charge in [0.2, 0.25) is 0 Å². The van der Waals surface area contributed by atoms with Crippen molar-refractivity contribution in [3.63, 3.8) is 0 Å². The zero-order valence-corrected chi connectivity index (χ0v) is 11.6. The summed E-state index contributed by atoms with van der Waals surface area (Å²) in [6.45, 7) is 0.286. The van der Waals surface area contributed by atoms with Crippen LogP contribution in [-0.2, 0) is 0 Å². The number of hydrogen-bond donors (Lipinski definition) is 1. The Bertz CT molecular complexity index is 606. The Hall–Kier alpha value is -2.69. The molecule has 1 saturated carbocycles. The number of anilines is 1. The third-order valence-corrected chi connectivity index (χ3v) is 3.28. The number of hydrogen-bond acceptors (Lipinski definition) is 6. The van der Waals surface area contributed by atoms with Gasteiger partial charge in [0, 0.05) is 25.7 Å². The van der Waals surface area contributed by atoms with Gasteiger partial charge in [-0.1, -0.05) is 0 Å². The summed E-state index contributed by atoms with van der Waals surface area (Å²) in [7, 11) is 1.62. The number of aromatic nitrogens is 1. The molecule has 1 N–H and O–H groups in total. The van der Waals surface area contributed by atoms with Gasteiger partial charge >= 0.3 is 0 Å². The number of amides is 1. The largest absolute Gasteiger partial charge is 0.373 e. The van der Waals surface area contributed by atoms with Crippen LogP contribution in [0.1, 0.15) is 29.6 Å². The maximum Gasteiger partial charge on any atom is 0.300 e. The third-order valence-electron chi connectivity index (χ3n) is 3.28. The van der Waals surface area contributed by atoms with Crippen LogP contribution in [0.5, 0.6) is 0 Å². The minimum Gasteiger partial charge on any atom is -0.373 e. The van der Waals surface area contributed by atoms with E-state index < -0.39 is 10.8 Å². The Morgan fingerprint density at radius 1 is 1.67 bits per heavy atom. The number of nitrogens with one attached hydrogen (secondary N) is 1. The molecule has 0 unspecified atom stereocenters. The number of nitrogens with zero attached hydrogens (tertiary/aromatic N) is 4. The van der Waals surface area contributed by atoms with Crippen molar-refractivity contribution in [3.8, 4) is 6.07 Å². The van der Waals surface area contributed by atoms with Gasteiger partial charge in [0.25, 0.3) is 11.6 Å². The average Bonchev–Trinajstić information content (AvgIpc) is 3.31. The zero-order valence-electron chi connectivity index (χ0n) is 11.6. The standard InChI is InChI=1S/C13H15N5O3/c1-15-12-7-10(11(8-16-12)18(20)21)13(19)17(6-2-5-14)9-3-4-9/h7-9H,2-4,6H2,1H3,(H,15,16). The van der Waals surface area contributed by atoms with E-state index in [-0.39, 0.29) is 30.3 Å². The van der Waals surface area contributed by atoms with Crippen LogP contribution in [0.25, 0.3) is 0 Å². The Morgan fingerprint density at radius 2 is 2.38 bits per heavy atom. The summed E-state index contributed by atoms with van der Waals surface area (Å²) in [5, 5.41) is 22.5. The first-order valence-electron chi connectivity index (χ1n) is 6.58. The molecule has 1 fully saturated rings. The molecular formula is C13H15N5O3. The van der Waals surface area contributed by atoms with Crippen molar-refractivity contribution >= 4 is 17.4 Å². The molecule has 2 rings (SSSR count). The second-order valence-corrected chi connectivity index (χ2v) is 4.73. The highest BCUT2D eigenvalue weighted by Gasteiger charge is 2.35. The van der Waals surface area contributed by atoms with Crippen LogP contribution < -0.4 is 5.32 Å². The molecule has 0 atom stereocenters. The fraction of sp³-hybridized carbons (Fsp3) is 0.462. The molecule has 0 spiro atoms. The number of pyridine rings is 1. The molecule has 21 heavy (non-hydrogen) atoms. The summed E-state index contributed by atoms with van der Waals surface area (Å²) < 4.78 is 0. The third kappa shape index (κ3) is 3.25. The minimum atomic E-state index is -0.616. The Labute approximate surface area is 121 Å².